The van der Waals surface area contributed by atoms with Crippen LogP contribution in [0.5, 0.6) is 0 Å². The number of amides is 1. The lowest BCUT2D eigenvalue weighted by molar-refractivity contribution is -0.123. The summed E-state index contributed by atoms with van der Waals surface area (Å²) in [6, 6.07) is 8.01. The molecule has 0 radical (unpaired) electrons. The Morgan fingerprint density at radius 1 is 1.39 bits per heavy atom. The van der Waals surface area contributed by atoms with E-state index in [0.29, 0.717) is 29.6 Å². The van der Waals surface area contributed by atoms with Crippen LogP contribution in [0.2, 0.25) is 5.02 Å². The summed E-state index contributed by atoms with van der Waals surface area (Å²) >= 11 is 7.99. The maximum absolute atomic E-state index is 11.4. The number of piperidine rings is 1. The second kappa shape index (κ2) is 5.94. The molecule has 1 fully saturated rings. The normalized spacial score (nSPS) is 18.3. The number of hydrogen-bond donors (Lipinski definition) is 1. The van der Waals surface area contributed by atoms with Crippen LogP contribution in [0.1, 0.15) is 25.2 Å². The number of halogens is 1. The zero-order chi connectivity index (χ0) is 15.8. The van der Waals surface area contributed by atoms with Crippen molar-refractivity contribution in [2.45, 2.75) is 31.7 Å². The van der Waals surface area contributed by atoms with Gasteiger partial charge in [0.1, 0.15) is 0 Å². The molecular weight excluding hydrogens is 334 g/mol. The first-order chi connectivity index (χ1) is 11.2. The van der Waals surface area contributed by atoms with E-state index < -0.39 is 0 Å². The molecule has 118 valence electrons. The van der Waals surface area contributed by atoms with Crippen LogP contribution in [-0.4, -0.2) is 22.1 Å². The van der Waals surface area contributed by atoms with Crippen molar-refractivity contribution in [2.75, 3.05) is 0 Å². The lowest BCUT2D eigenvalue weighted by Crippen LogP contribution is -2.40. The van der Waals surface area contributed by atoms with Gasteiger partial charge in [-0.15, -0.1) is 11.3 Å². The molecule has 1 saturated heterocycles. The predicted octanol–water partition coefficient (Wildman–Crippen LogP) is 3.82. The molecule has 1 aliphatic rings. The van der Waals surface area contributed by atoms with E-state index in [0.717, 1.165) is 27.8 Å². The predicted molar refractivity (Wildman–Crippen MR) is 89.6 cm³/mol. The number of fused-ring (bicyclic) bond motifs is 1. The van der Waals surface area contributed by atoms with E-state index in [9.17, 15) is 4.79 Å². The summed E-state index contributed by atoms with van der Waals surface area (Å²) in [5.74, 6) is 1.13. The van der Waals surface area contributed by atoms with Crippen molar-refractivity contribution in [2.24, 2.45) is 0 Å². The number of nitrogens with one attached hydrogen (secondary N) is 1. The van der Waals surface area contributed by atoms with Crippen LogP contribution in [0.3, 0.4) is 0 Å². The molecular formula is C16H14ClN3O2S. The van der Waals surface area contributed by atoms with Crippen molar-refractivity contribution >= 4 is 38.9 Å². The summed E-state index contributed by atoms with van der Waals surface area (Å²) in [7, 11) is 0. The van der Waals surface area contributed by atoms with E-state index in [2.05, 4.69) is 15.5 Å². The summed E-state index contributed by atoms with van der Waals surface area (Å²) in [5.41, 5.74) is 0. The zero-order valence-corrected chi connectivity index (χ0v) is 13.8. The molecule has 1 aliphatic heterocycles. The monoisotopic (exact) mass is 347 g/mol. The summed E-state index contributed by atoms with van der Waals surface area (Å²) in [6.07, 6.45) is 3.00. The molecule has 1 unspecified atom stereocenters. The summed E-state index contributed by atoms with van der Waals surface area (Å²) in [4.78, 5) is 16.7. The first-order valence-electron chi connectivity index (χ1n) is 7.50. The van der Waals surface area contributed by atoms with E-state index in [1.807, 2.05) is 24.3 Å². The maximum atomic E-state index is 11.4. The van der Waals surface area contributed by atoms with Gasteiger partial charge in [0.15, 0.2) is 0 Å². The number of rotatable bonds is 3. The van der Waals surface area contributed by atoms with E-state index in [-0.39, 0.29) is 11.9 Å². The van der Waals surface area contributed by atoms with Gasteiger partial charge in [-0.2, -0.15) is 4.98 Å². The highest BCUT2D eigenvalue weighted by Crippen LogP contribution is 2.40. The Bertz CT molecular complexity index is 873. The van der Waals surface area contributed by atoms with Gasteiger partial charge in [0, 0.05) is 29.0 Å². The minimum atomic E-state index is 0.0717. The molecule has 0 aliphatic carbocycles. The van der Waals surface area contributed by atoms with Crippen LogP contribution >= 0.6 is 22.9 Å². The molecule has 4 rings (SSSR count). The first-order valence-corrected chi connectivity index (χ1v) is 8.69. The second-order valence-electron chi connectivity index (χ2n) is 5.61. The number of hydrogen-bond acceptors (Lipinski definition) is 5. The number of carbonyl (C=O) groups excluding carboxylic acids is 1. The fourth-order valence-electron chi connectivity index (χ4n) is 2.83. The van der Waals surface area contributed by atoms with Crippen LogP contribution < -0.4 is 5.32 Å². The topological polar surface area (TPSA) is 68.0 Å². The molecule has 0 bridgehead atoms. The summed E-state index contributed by atoms with van der Waals surface area (Å²) in [6.45, 7) is 0. The third kappa shape index (κ3) is 2.84. The zero-order valence-electron chi connectivity index (χ0n) is 12.2. The van der Waals surface area contributed by atoms with Crippen molar-refractivity contribution in [3.63, 3.8) is 0 Å². The fraction of sp³-hybridized carbons (Fsp3) is 0.312. The van der Waals surface area contributed by atoms with Crippen molar-refractivity contribution in [3.8, 4) is 10.7 Å². The van der Waals surface area contributed by atoms with Gasteiger partial charge in [-0.3, -0.25) is 4.79 Å². The Hall–Kier alpha value is -1.92. The molecule has 7 heteroatoms. The molecule has 1 amide bonds. The number of aromatic nitrogens is 2. The van der Waals surface area contributed by atoms with Crippen molar-refractivity contribution in [1.82, 2.24) is 15.5 Å². The lowest BCUT2D eigenvalue weighted by Gasteiger charge is -2.21. The standard InChI is InChI=1S/C16H14ClN3O2S/c17-14-10-5-1-2-6-11(10)23-15(14)16-19-13(22-20-16)8-9-4-3-7-12(21)18-9/h1-2,5-6,9H,3-4,7-8H2,(H,18,21). The van der Waals surface area contributed by atoms with Gasteiger partial charge in [0.05, 0.1) is 9.90 Å². The molecule has 0 saturated carbocycles. The largest absolute Gasteiger partial charge is 0.353 e. The third-order valence-corrected chi connectivity index (χ3v) is 5.62. The molecule has 5 nitrogen and oxygen atoms in total. The first kappa shape index (κ1) is 14.7. The van der Waals surface area contributed by atoms with Gasteiger partial charge < -0.3 is 9.84 Å². The van der Waals surface area contributed by atoms with Crippen LogP contribution in [0, 0.1) is 0 Å². The Kier molecular flexibility index (Phi) is 3.79. The van der Waals surface area contributed by atoms with Crippen molar-refractivity contribution in [1.29, 1.82) is 0 Å². The Morgan fingerprint density at radius 2 is 2.26 bits per heavy atom. The number of carbonyl (C=O) groups is 1. The van der Waals surface area contributed by atoms with Crippen LogP contribution in [0.15, 0.2) is 28.8 Å². The summed E-state index contributed by atoms with van der Waals surface area (Å²) in [5, 5.41) is 8.67. The average Bonchev–Trinajstić information content (AvgIpc) is 3.13. The van der Waals surface area contributed by atoms with E-state index in [1.54, 1.807) is 11.3 Å². The average molecular weight is 348 g/mol. The minimum Gasteiger partial charge on any atom is -0.353 e. The maximum Gasteiger partial charge on any atom is 0.229 e. The van der Waals surface area contributed by atoms with Gasteiger partial charge >= 0.3 is 0 Å². The molecule has 23 heavy (non-hydrogen) atoms. The fourth-order valence-corrected chi connectivity index (χ4v) is 4.27. The highest BCUT2D eigenvalue weighted by molar-refractivity contribution is 7.23. The molecule has 3 heterocycles. The molecule has 3 aromatic rings. The van der Waals surface area contributed by atoms with E-state index in [4.69, 9.17) is 16.1 Å². The Morgan fingerprint density at radius 3 is 3.09 bits per heavy atom. The molecule has 1 aromatic carbocycles. The van der Waals surface area contributed by atoms with Gasteiger partial charge in [0.25, 0.3) is 0 Å². The van der Waals surface area contributed by atoms with Crippen LogP contribution in [-0.2, 0) is 11.2 Å². The molecule has 1 atom stereocenters. The quantitative estimate of drug-likeness (QED) is 0.782. The van der Waals surface area contributed by atoms with Gasteiger partial charge in [-0.05, 0) is 18.9 Å². The summed E-state index contributed by atoms with van der Waals surface area (Å²) < 4.78 is 6.44. The number of benzene rings is 1. The second-order valence-corrected chi connectivity index (χ2v) is 7.04. The Labute approximate surface area is 141 Å². The lowest BCUT2D eigenvalue weighted by atomic mass is 10.0. The van der Waals surface area contributed by atoms with Crippen LogP contribution in [0.4, 0.5) is 0 Å². The Balaban J connectivity index is 1.59. The van der Waals surface area contributed by atoms with Gasteiger partial charge in [-0.1, -0.05) is 35.0 Å². The highest BCUT2D eigenvalue weighted by Gasteiger charge is 2.22. The van der Waals surface area contributed by atoms with Crippen molar-refractivity contribution in [3.05, 3.63) is 35.2 Å². The molecule has 2 aromatic heterocycles. The van der Waals surface area contributed by atoms with Crippen LogP contribution in [0.25, 0.3) is 20.8 Å². The van der Waals surface area contributed by atoms with Gasteiger partial charge in [-0.25, -0.2) is 0 Å². The number of thiophene rings is 1. The van der Waals surface area contributed by atoms with Gasteiger partial charge in [0.2, 0.25) is 17.6 Å². The highest BCUT2D eigenvalue weighted by atomic mass is 35.5. The minimum absolute atomic E-state index is 0.0717. The van der Waals surface area contributed by atoms with Crippen molar-refractivity contribution < 1.29 is 9.32 Å². The smallest absolute Gasteiger partial charge is 0.229 e. The SMILES string of the molecule is O=C1CCCC(Cc2nc(-c3sc4ccccc4c3Cl)no2)N1. The van der Waals surface area contributed by atoms with E-state index >= 15 is 0 Å². The number of nitrogens with zero attached hydrogens (tertiary/aromatic N) is 2. The molecule has 0 spiro atoms. The third-order valence-electron chi connectivity index (χ3n) is 3.95. The molecule has 1 N–H and O–H groups in total. The van der Waals surface area contributed by atoms with E-state index in [1.165, 1.54) is 0 Å².